The molecule has 2 unspecified atom stereocenters. The highest BCUT2D eigenvalue weighted by Gasteiger charge is 2.41. The highest BCUT2D eigenvalue weighted by atomic mass is 79.9. The third-order valence-corrected chi connectivity index (χ3v) is 5.39. The van der Waals surface area contributed by atoms with E-state index in [1.165, 1.54) is 12.8 Å². The molecule has 2 aliphatic rings. The van der Waals surface area contributed by atoms with Crippen molar-refractivity contribution < 1.29 is 9.84 Å². The van der Waals surface area contributed by atoms with Crippen LogP contribution in [0.5, 0.6) is 0 Å². The summed E-state index contributed by atoms with van der Waals surface area (Å²) in [5.74, 6) is 0.271. The Labute approximate surface area is 133 Å². The van der Waals surface area contributed by atoms with Crippen LogP contribution < -0.4 is 0 Å². The van der Waals surface area contributed by atoms with Gasteiger partial charge in [0.2, 0.25) is 0 Å². The van der Waals surface area contributed by atoms with Gasteiger partial charge in [-0.25, -0.2) is 0 Å². The molecule has 20 heavy (non-hydrogen) atoms. The SMILES string of the molecule is OC(c1cc(Cl)cc(Br)c1)C1CCOC2(CCCC2)C1. The molecular weight excluding hydrogens is 340 g/mol. The third-order valence-electron chi connectivity index (χ3n) is 4.72. The lowest BCUT2D eigenvalue weighted by atomic mass is 9.80. The fourth-order valence-corrected chi connectivity index (χ4v) is 4.61. The van der Waals surface area contributed by atoms with Gasteiger partial charge in [0, 0.05) is 16.1 Å². The van der Waals surface area contributed by atoms with Crippen molar-refractivity contribution in [3.05, 3.63) is 33.3 Å². The van der Waals surface area contributed by atoms with E-state index in [1.54, 1.807) is 0 Å². The Morgan fingerprint density at radius 1 is 1.30 bits per heavy atom. The third kappa shape index (κ3) is 3.06. The molecule has 110 valence electrons. The van der Waals surface area contributed by atoms with E-state index in [9.17, 15) is 5.11 Å². The molecule has 2 fully saturated rings. The van der Waals surface area contributed by atoms with Gasteiger partial charge in [-0.15, -0.1) is 0 Å². The summed E-state index contributed by atoms with van der Waals surface area (Å²) in [6, 6.07) is 5.68. The van der Waals surface area contributed by atoms with Gasteiger partial charge < -0.3 is 9.84 Å². The van der Waals surface area contributed by atoms with Crippen LogP contribution in [0.15, 0.2) is 22.7 Å². The molecular formula is C16H20BrClO2. The van der Waals surface area contributed by atoms with E-state index in [4.69, 9.17) is 16.3 Å². The molecule has 2 atom stereocenters. The summed E-state index contributed by atoms with van der Waals surface area (Å²) < 4.78 is 6.96. The van der Waals surface area contributed by atoms with Crippen LogP contribution in [0.1, 0.15) is 50.2 Å². The fraction of sp³-hybridized carbons (Fsp3) is 0.625. The van der Waals surface area contributed by atoms with Gasteiger partial charge in [-0.1, -0.05) is 40.4 Å². The van der Waals surface area contributed by atoms with Crippen molar-refractivity contribution in [3.63, 3.8) is 0 Å². The van der Waals surface area contributed by atoms with Gasteiger partial charge in [-0.05, 0) is 55.4 Å². The van der Waals surface area contributed by atoms with Gasteiger partial charge in [0.05, 0.1) is 11.7 Å². The smallest absolute Gasteiger partial charge is 0.0821 e. The van der Waals surface area contributed by atoms with Crippen LogP contribution >= 0.6 is 27.5 Å². The van der Waals surface area contributed by atoms with E-state index in [0.29, 0.717) is 5.02 Å². The molecule has 1 saturated carbocycles. The minimum Gasteiger partial charge on any atom is -0.388 e. The average molecular weight is 360 g/mol. The van der Waals surface area contributed by atoms with Crippen molar-refractivity contribution in [1.29, 1.82) is 0 Å². The molecule has 1 aliphatic carbocycles. The molecule has 1 aliphatic heterocycles. The van der Waals surface area contributed by atoms with E-state index in [0.717, 1.165) is 42.3 Å². The number of halogens is 2. The summed E-state index contributed by atoms with van der Waals surface area (Å²) >= 11 is 9.53. The van der Waals surface area contributed by atoms with Gasteiger partial charge in [0.15, 0.2) is 0 Å². The number of aliphatic hydroxyl groups is 1. The van der Waals surface area contributed by atoms with Crippen LogP contribution in [0.4, 0.5) is 0 Å². The van der Waals surface area contributed by atoms with Crippen molar-refractivity contribution in [3.8, 4) is 0 Å². The molecule has 1 saturated heterocycles. The largest absolute Gasteiger partial charge is 0.388 e. The van der Waals surface area contributed by atoms with Crippen molar-refractivity contribution in [2.24, 2.45) is 5.92 Å². The van der Waals surface area contributed by atoms with E-state index in [1.807, 2.05) is 18.2 Å². The van der Waals surface area contributed by atoms with Gasteiger partial charge in [0.1, 0.15) is 0 Å². The van der Waals surface area contributed by atoms with E-state index >= 15 is 0 Å². The molecule has 1 N–H and O–H groups in total. The highest BCUT2D eigenvalue weighted by Crippen LogP contribution is 2.45. The summed E-state index contributed by atoms with van der Waals surface area (Å²) in [4.78, 5) is 0. The van der Waals surface area contributed by atoms with Gasteiger partial charge in [-0.2, -0.15) is 0 Å². The molecule has 1 aromatic carbocycles. The normalized spacial score (nSPS) is 26.9. The molecule has 3 rings (SSSR count). The topological polar surface area (TPSA) is 29.5 Å². The van der Waals surface area contributed by atoms with Crippen LogP contribution in [0.25, 0.3) is 0 Å². The monoisotopic (exact) mass is 358 g/mol. The van der Waals surface area contributed by atoms with Gasteiger partial charge in [0.25, 0.3) is 0 Å². The average Bonchev–Trinajstić information content (AvgIpc) is 2.85. The Bertz CT molecular complexity index is 465. The summed E-state index contributed by atoms with van der Waals surface area (Å²) in [7, 11) is 0. The first kappa shape index (κ1) is 14.8. The Morgan fingerprint density at radius 2 is 2.05 bits per heavy atom. The van der Waals surface area contributed by atoms with Crippen molar-refractivity contribution in [1.82, 2.24) is 0 Å². The molecule has 0 amide bonds. The Balaban J connectivity index is 1.77. The number of hydrogen-bond acceptors (Lipinski definition) is 2. The standard InChI is InChI=1S/C16H20BrClO2/c17-13-7-12(8-14(18)9-13)15(19)11-3-6-20-16(10-11)4-1-2-5-16/h7-9,11,15,19H,1-6,10H2. The molecule has 4 heteroatoms. The molecule has 0 radical (unpaired) electrons. The second-order valence-corrected chi connectivity index (χ2v) is 7.49. The predicted octanol–water partition coefficient (Wildman–Crippen LogP) is 4.88. The molecule has 1 aromatic rings. The summed E-state index contributed by atoms with van der Waals surface area (Å²) in [6.45, 7) is 0.767. The Morgan fingerprint density at radius 3 is 2.75 bits per heavy atom. The lowest BCUT2D eigenvalue weighted by Gasteiger charge is -2.40. The number of rotatable bonds is 2. The minimum atomic E-state index is -0.452. The number of benzene rings is 1. The Hall–Kier alpha value is -0.0900. The molecule has 0 bridgehead atoms. The van der Waals surface area contributed by atoms with E-state index < -0.39 is 6.10 Å². The van der Waals surface area contributed by atoms with Crippen molar-refractivity contribution in [2.45, 2.75) is 50.2 Å². The summed E-state index contributed by atoms with van der Waals surface area (Å²) in [6.07, 6.45) is 6.25. The van der Waals surface area contributed by atoms with Crippen LogP contribution in [0.3, 0.4) is 0 Å². The molecule has 1 heterocycles. The number of aliphatic hydroxyl groups excluding tert-OH is 1. The summed E-state index contributed by atoms with van der Waals surface area (Å²) in [5.41, 5.74) is 0.948. The van der Waals surface area contributed by atoms with Gasteiger partial charge in [-0.3, -0.25) is 0 Å². The second kappa shape index (κ2) is 5.96. The molecule has 1 spiro atoms. The summed E-state index contributed by atoms with van der Waals surface area (Å²) in [5, 5.41) is 11.4. The maximum atomic E-state index is 10.7. The zero-order valence-corrected chi connectivity index (χ0v) is 13.8. The lowest BCUT2D eigenvalue weighted by molar-refractivity contribution is -0.113. The molecule has 2 nitrogen and oxygen atoms in total. The van der Waals surface area contributed by atoms with E-state index in [-0.39, 0.29) is 11.5 Å². The first-order valence-electron chi connectivity index (χ1n) is 7.36. The first-order chi connectivity index (χ1) is 9.58. The zero-order valence-electron chi connectivity index (χ0n) is 11.4. The fourth-order valence-electron chi connectivity index (χ4n) is 3.72. The number of ether oxygens (including phenoxy) is 1. The first-order valence-corrected chi connectivity index (χ1v) is 8.53. The second-order valence-electron chi connectivity index (χ2n) is 6.14. The van der Waals surface area contributed by atoms with Crippen LogP contribution in [-0.4, -0.2) is 17.3 Å². The van der Waals surface area contributed by atoms with Crippen molar-refractivity contribution >= 4 is 27.5 Å². The number of hydrogen-bond donors (Lipinski definition) is 1. The van der Waals surface area contributed by atoms with Crippen molar-refractivity contribution in [2.75, 3.05) is 6.61 Å². The maximum absolute atomic E-state index is 10.7. The van der Waals surface area contributed by atoms with E-state index in [2.05, 4.69) is 15.9 Å². The van der Waals surface area contributed by atoms with Crippen LogP contribution in [0.2, 0.25) is 5.02 Å². The minimum absolute atomic E-state index is 0.0414. The lowest BCUT2D eigenvalue weighted by Crippen LogP contribution is -2.39. The Kier molecular flexibility index (Phi) is 4.42. The zero-order chi connectivity index (χ0) is 14.2. The maximum Gasteiger partial charge on any atom is 0.0821 e. The van der Waals surface area contributed by atoms with Crippen LogP contribution in [0, 0.1) is 5.92 Å². The van der Waals surface area contributed by atoms with Crippen LogP contribution in [-0.2, 0) is 4.74 Å². The highest BCUT2D eigenvalue weighted by molar-refractivity contribution is 9.10. The quantitative estimate of drug-likeness (QED) is 0.816. The van der Waals surface area contributed by atoms with Gasteiger partial charge >= 0.3 is 0 Å². The molecule has 0 aromatic heterocycles. The predicted molar refractivity (Wildman–Crippen MR) is 84.0 cm³/mol.